The molecule has 4 aliphatic heterocycles. The number of carbonyl (C=O) groups is 2. The van der Waals surface area contributed by atoms with Gasteiger partial charge < -0.3 is 58.2 Å². The van der Waals surface area contributed by atoms with Crippen molar-refractivity contribution < 1.29 is 62.4 Å². The SMILES string of the molecule is COC(=O)[C@@H](N[C@@H](O)O[C@@H]1CC[C@]2(CO2)[C@@H]([C@@]2(C)O[C@@H]2CC=C(C)C)[C@@H]1OC)C(C)C.CO[C@@H]1[C@H](OC(=O)N[C@@H](CO)C(C)C)CC[C@]2(CO2)[C@H]1[C@@]1(C)O[C@@H]1CC=C(C)C. The van der Waals surface area contributed by atoms with Gasteiger partial charge in [0.25, 0.3) is 0 Å². The van der Waals surface area contributed by atoms with Gasteiger partial charge in [0, 0.05) is 14.2 Å². The summed E-state index contributed by atoms with van der Waals surface area (Å²) in [4.78, 5) is 24.5. The van der Waals surface area contributed by atoms with Crippen molar-refractivity contribution in [3.05, 3.63) is 23.3 Å². The van der Waals surface area contributed by atoms with Crippen LogP contribution >= 0.6 is 0 Å². The van der Waals surface area contributed by atoms with Crippen LogP contribution in [0.4, 0.5) is 4.79 Å². The molecule has 0 aromatic carbocycles. The second kappa shape index (κ2) is 19.7. The number of hydrogen-bond donors (Lipinski definition) is 4. The number of rotatable bonds is 18. The first-order chi connectivity index (χ1) is 28.2. The van der Waals surface area contributed by atoms with Gasteiger partial charge in [-0.3, -0.25) is 10.1 Å². The van der Waals surface area contributed by atoms with E-state index in [0.29, 0.717) is 26.1 Å². The molecule has 15 heteroatoms. The normalized spacial score (nSPS) is 38.9. The van der Waals surface area contributed by atoms with Crippen LogP contribution in [-0.4, -0.2) is 141 Å². The van der Waals surface area contributed by atoms with Crippen molar-refractivity contribution in [3.63, 3.8) is 0 Å². The smallest absolute Gasteiger partial charge is 0.407 e. The lowest BCUT2D eigenvalue weighted by Crippen LogP contribution is -2.57. The van der Waals surface area contributed by atoms with E-state index in [0.717, 1.165) is 25.7 Å². The van der Waals surface area contributed by atoms with Gasteiger partial charge in [-0.25, -0.2) is 4.79 Å². The summed E-state index contributed by atoms with van der Waals surface area (Å²) in [5, 5.41) is 25.6. The zero-order chi connectivity index (χ0) is 44.4. The fourth-order valence-electron chi connectivity index (χ4n) is 9.92. The first kappa shape index (κ1) is 48.8. The monoisotopic (exact) mass is 853 g/mol. The van der Waals surface area contributed by atoms with Gasteiger partial charge >= 0.3 is 12.1 Å². The Morgan fingerprint density at radius 1 is 0.783 bits per heavy atom. The molecule has 0 bridgehead atoms. The number of methoxy groups -OCH3 is 3. The maximum atomic E-state index is 12.5. The van der Waals surface area contributed by atoms with Crippen molar-refractivity contribution in [2.24, 2.45) is 23.7 Å². The lowest BCUT2D eigenvalue weighted by molar-refractivity contribution is -0.219. The van der Waals surface area contributed by atoms with E-state index in [1.807, 2.05) is 27.7 Å². The highest BCUT2D eigenvalue weighted by Crippen LogP contribution is 2.61. The Morgan fingerprint density at radius 3 is 1.63 bits per heavy atom. The average Bonchev–Trinajstić information content (AvgIpc) is 4.07. The minimum atomic E-state index is -1.32. The Morgan fingerprint density at radius 2 is 1.25 bits per heavy atom. The predicted octanol–water partition coefficient (Wildman–Crippen LogP) is 4.95. The predicted molar refractivity (Wildman–Crippen MR) is 223 cm³/mol. The van der Waals surface area contributed by atoms with Crippen LogP contribution in [0.2, 0.25) is 0 Å². The molecule has 0 aromatic heterocycles. The molecule has 0 aromatic rings. The number of allylic oxidation sites excluding steroid dienone is 2. The molecule has 4 saturated heterocycles. The molecule has 2 spiro atoms. The van der Waals surface area contributed by atoms with Crippen molar-refractivity contribution in [1.29, 1.82) is 0 Å². The third kappa shape index (κ3) is 10.9. The molecule has 60 heavy (non-hydrogen) atoms. The molecular weight excluding hydrogens is 776 g/mol. The molecule has 0 unspecified atom stereocenters. The summed E-state index contributed by atoms with van der Waals surface area (Å²) < 4.78 is 52.6. The summed E-state index contributed by atoms with van der Waals surface area (Å²) in [5.74, 6) is -0.397. The topological polar surface area (TPSA) is 195 Å². The van der Waals surface area contributed by atoms with Crippen molar-refractivity contribution >= 4 is 12.1 Å². The lowest BCUT2D eigenvalue weighted by atomic mass is 9.68. The van der Waals surface area contributed by atoms with Gasteiger partial charge in [0.1, 0.15) is 35.1 Å². The number of aliphatic hydroxyl groups is 2. The maximum Gasteiger partial charge on any atom is 0.407 e. The number of alkyl carbamates (subject to hydrolysis) is 1. The number of hydrogen-bond acceptors (Lipinski definition) is 14. The van der Waals surface area contributed by atoms with Crippen LogP contribution in [0.5, 0.6) is 0 Å². The average molecular weight is 853 g/mol. The highest BCUT2D eigenvalue weighted by atomic mass is 16.7. The standard InChI is InChI=1S/C23H39NO7.C22H37NO6/c1-13(2)8-9-16-22(5,31-16)19-18(27-6)15(10-11-23(19)12-29-23)30-21(26)24-17(14(3)4)20(25)28-7;1-13(2)7-8-17-21(5,29-17)19-18(26-6)16(9-10-22(19)12-27-22)28-20(25)23-15(11-24)14(3)4/h8,14-19,21,24,26H,9-12H2,1-7H3;7,14-19,24H,8-12H2,1-6H3,(H,23,25)/t15-,16-,17+,18-,19-,21+,22+,23+;15-,16+,17+,18+,19+,21-,22-/m10/s1. The second-order valence-corrected chi connectivity index (χ2v) is 19.3. The van der Waals surface area contributed by atoms with E-state index in [9.17, 15) is 19.8 Å². The van der Waals surface area contributed by atoms with E-state index in [1.165, 1.54) is 18.3 Å². The quantitative estimate of drug-likeness (QED) is 0.0626. The number of esters is 1. The number of ether oxygens (including phenoxy) is 9. The van der Waals surface area contributed by atoms with E-state index in [-0.39, 0.29) is 95.3 Å². The Balaban J connectivity index is 0.000000228. The Labute approximate surface area is 357 Å². The van der Waals surface area contributed by atoms with Crippen LogP contribution in [0, 0.1) is 23.7 Å². The lowest BCUT2D eigenvalue weighted by Gasteiger charge is -2.43. The molecule has 344 valence electrons. The van der Waals surface area contributed by atoms with E-state index < -0.39 is 24.5 Å². The van der Waals surface area contributed by atoms with Crippen molar-refractivity contribution in [2.75, 3.05) is 41.2 Å². The van der Waals surface area contributed by atoms with Crippen molar-refractivity contribution in [3.8, 4) is 0 Å². The Bertz CT molecular complexity index is 1520. The molecule has 15 nitrogen and oxygen atoms in total. The minimum Gasteiger partial charge on any atom is -0.468 e. The van der Waals surface area contributed by atoms with Crippen LogP contribution in [0.3, 0.4) is 0 Å². The first-order valence-electron chi connectivity index (χ1n) is 22.0. The Hall–Kier alpha value is -2.18. The van der Waals surface area contributed by atoms with E-state index in [4.69, 9.17) is 42.6 Å². The van der Waals surface area contributed by atoms with Gasteiger partial charge in [-0.05, 0) is 91.9 Å². The molecular formula is C45H76N2O13. The molecule has 2 aliphatic carbocycles. The van der Waals surface area contributed by atoms with Gasteiger partial charge in [0.15, 0.2) is 0 Å². The summed E-state index contributed by atoms with van der Waals surface area (Å²) in [7, 11) is 4.66. The van der Waals surface area contributed by atoms with Gasteiger partial charge in [-0.2, -0.15) is 0 Å². The van der Waals surface area contributed by atoms with Crippen molar-refractivity contribution in [1.82, 2.24) is 10.6 Å². The van der Waals surface area contributed by atoms with Gasteiger partial charge in [-0.15, -0.1) is 0 Å². The summed E-state index contributed by atoms with van der Waals surface area (Å²) in [5.41, 5.74) is 1.33. The molecule has 1 amide bonds. The van der Waals surface area contributed by atoms with Crippen LogP contribution in [0.15, 0.2) is 23.3 Å². The minimum absolute atomic E-state index is 0.000787. The third-order valence-corrected chi connectivity index (χ3v) is 13.8. The van der Waals surface area contributed by atoms with Gasteiger partial charge in [0.2, 0.25) is 6.41 Å². The Kier molecular flexibility index (Phi) is 16.0. The van der Waals surface area contributed by atoms with Crippen LogP contribution in [0.1, 0.15) is 108 Å². The molecule has 0 radical (unpaired) electrons. The van der Waals surface area contributed by atoms with E-state index >= 15 is 0 Å². The summed E-state index contributed by atoms with van der Waals surface area (Å²) in [6.07, 6.45) is 6.16. The summed E-state index contributed by atoms with van der Waals surface area (Å²) in [6, 6.07) is -1.00. The zero-order valence-electron chi connectivity index (χ0n) is 38.4. The molecule has 4 heterocycles. The highest BCUT2D eigenvalue weighted by molar-refractivity contribution is 5.75. The van der Waals surface area contributed by atoms with E-state index in [2.05, 4.69) is 64.3 Å². The zero-order valence-corrected chi connectivity index (χ0v) is 38.4. The number of nitrogens with one attached hydrogen (secondary N) is 2. The number of aliphatic hydroxyl groups excluding tert-OH is 2. The summed E-state index contributed by atoms with van der Waals surface area (Å²) in [6.45, 7) is 21.5. The summed E-state index contributed by atoms with van der Waals surface area (Å²) >= 11 is 0. The van der Waals surface area contributed by atoms with Crippen molar-refractivity contribution in [2.45, 2.75) is 185 Å². The van der Waals surface area contributed by atoms with Crippen LogP contribution < -0.4 is 10.6 Å². The van der Waals surface area contributed by atoms with E-state index in [1.54, 1.807) is 14.2 Å². The van der Waals surface area contributed by atoms with Gasteiger partial charge in [-0.1, -0.05) is 51.0 Å². The largest absolute Gasteiger partial charge is 0.468 e. The molecule has 6 fully saturated rings. The highest BCUT2D eigenvalue weighted by Gasteiger charge is 2.73. The fourth-order valence-corrected chi connectivity index (χ4v) is 9.92. The number of carbonyl (C=O) groups excluding carboxylic acids is 2. The maximum absolute atomic E-state index is 12.5. The molecule has 15 atom stereocenters. The van der Waals surface area contributed by atoms with Crippen LogP contribution in [0.25, 0.3) is 0 Å². The fraction of sp³-hybridized carbons (Fsp3) is 0.867. The molecule has 6 rings (SSSR count). The van der Waals surface area contributed by atoms with Crippen LogP contribution in [-0.2, 0) is 47.4 Å². The third-order valence-electron chi connectivity index (χ3n) is 13.8. The molecule has 4 N–H and O–H groups in total. The number of epoxide rings is 4. The first-order valence-corrected chi connectivity index (χ1v) is 22.0. The second-order valence-electron chi connectivity index (χ2n) is 19.3. The van der Waals surface area contributed by atoms with Gasteiger partial charge in [0.05, 0.1) is 74.8 Å². The molecule has 6 aliphatic rings. The molecule has 2 saturated carbocycles. The number of amides is 1.